The van der Waals surface area contributed by atoms with E-state index in [1.165, 1.54) is 0 Å². The molecule has 3 heterocycles. The largest absolute Gasteiger partial charge is 0.472 e. The van der Waals surface area contributed by atoms with Gasteiger partial charge in [-0.05, 0) is 37.3 Å². The van der Waals surface area contributed by atoms with Crippen molar-refractivity contribution in [1.82, 2.24) is 15.5 Å². The Kier molecular flexibility index (Phi) is 4.53. The van der Waals surface area contributed by atoms with E-state index in [1.54, 1.807) is 25.5 Å². The molecule has 1 saturated heterocycles. The maximum absolute atomic E-state index is 12.3. The number of furan rings is 1. The zero-order chi connectivity index (χ0) is 15.4. The van der Waals surface area contributed by atoms with Crippen LogP contribution >= 0.6 is 0 Å². The first-order chi connectivity index (χ1) is 10.7. The zero-order valence-corrected chi connectivity index (χ0v) is 12.4. The molecule has 0 aromatic carbocycles. The molecule has 0 radical (unpaired) electrons. The van der Waals surface area contributed by atoms with Crippen molar-refractivity contribution >= 4 is 5.91 Å². The maximum Gasteiger partial charge on any atom is 0.249 e. The number of carbonyl (C=O) groups excluding carboxylic acids is 1. The number of ether oxygens (including phenoxy) is 1. The van der Waals surface area contributed by atoms with Gasteiger partial charge in [0.05, 0.1) is 18.9 Å². The number of hydrogen-bond acceptors (Lipinski definition) is 6. The third-order valence-corrected chi connectivity index (χ3v) is 3.81. The lowest BCUT2D eigenvalue weighted by Crippen LogP contribution is -2.37. The summed E-state index contributed by atoms with van der Waals surface area (Å²) in [6.45, 7) is 3.14. The molecule has 0 aliphatic carbocycles. The fourth-order valence-corrected chi connectivity index (χ4v) is 2.67. The van der Waals surface area contributed by atoms with Crippen LogP contribution in [0, 0.1) is 12.8 Å². The van der Waals surface area contributed by atoms with Gasteiger partial charge in [0, 0.05) is 13.2 Å². The van der Waals surface area contributed by atoms with Crippen LogP contribution in [0.4, 0.5) is 0 Å². The molecule has 0 unspecified atom stereocenters. The SMILES string of the molecule is Cc1noc([C@@H](NC(=O)Cc2ccoc2)C2CCOCC2)n1. The van der Waals surface area contributed by atoms with E-state index in [0.717, 1.165) is 18.4 Å². The van der Waals surface area contributed by atoms with Gasteiger partial charge in [-0.1, -0.05) is 5.16 Å². The minimum atomic E-state index is -0.274. The van der Waals surface area contributed by atoms with Crippen LogP contribution in [0.25, 0.3) is 0 Å². The quantitative estimate of drug-likeness (QED) is 0.905. The molecule has 1 aliphatic heterocycles. The molecule has 22 heavy (non-hydrogen) atoms. The molecule has 0 saturated carbocycles. The molecule has 0 bridgehead atoms. The smallest absolute Gasteiger partial charge is 0.249 e. The van der Waals surface area contributed by atoms with Crippen LogP contribution in [-0.4, -0.2) is 29.3 Å². The molecular weight excluding hydrogens is 286 g/mol. The van der Waals surface area contributed by atoms with Crippen molar-refractivity contribution in [2.75, 3.05) is 13.2 Å². The lowest BCUT2D eigenvalue weighted by Gasteiger charge is -2.28. The Morgan fingerprint density at radius 2 is 2.27 bits per heavy atom. The average Bonchev–Trinajstić information content (AvgIpc) is 3.17. The van der Waals surface area contributed by atoms with E-state index in [-0.39, 0.29) is 24.3 Å². The third kappa shape index (κ3) is 3.54. The van der Waals surface area contributed by atoms with Gasteiger partial charge in [-0.15, -0.1) is 0 Å². The second-order valence-corrected chi connectivity index (χ2v) is 5.48. The van der Waals surface area contributed by atoms with Crippen molar-refractivity contribution in [2.24, 2.45) is 5.92 Å². The van der Waals surface area contributed by atoms with Crippen molar-refractivity contribution < 1.29 is 18.5 Å². The Balaban J connectivity index is 1.71. The first-order valence-corrected chi connectivity index (χ1v) is 7.41. The minimum Gasteiger partial charge on any atom is -0.472 e. The van der Waals surface area contributed by atoms with Crippen molar-refractivity contribution in [1.29, 1.82) is 0 Å². The Morgan fingerprint density at radius 1 is 1.45 bits per heavy atom. The first-order valence-electron chi connectivity index (χ1n) is 7.41. The van der Waals surface area contributed by atoms with Crippen LogP contribution in [0.1, 0.15) is 36.2 Å². The number of nitrogens with one attached hydrogen (secondary N) is 1. The monoisotopic (exact) mass is 305 g/mol. The van der Waals surface area contributed by atoms with Crippen LogP contribution in [0.2, 0.25) is 0 Å². The van der Waals surface area contributed by atoms with Crippen molar-refractivity contribution in [3.05, 3.63) is 35.9 Å². The summed E-state index contributed by atoms with van der Waals surface area (Å²) < 4.78 is 15.7. The Labute approximate surface area is 128 Å². The molecular formula is C15H19N3O4. The highest BCUT2D eigenvalue weighted by molar-refractivity contribution is 5.78. The molecule has 1 N–H and O–H groups in total. The van der Waals surface area contributed by atoms with Gasteiger partial charge in [0.25, 0.3) is 0 Å². The van der Waals surface area contributed by atoms with Gasteiger partial charge in [-0.25, -0.2) is 0 Å². The number of rotatable bonds is 5. The predicted octanol–water partition coefficient (Wildman–Crippen LogP) is 1.80. The summed E-state index contributed by atoms with van der Waals surface area (Å²) in [5.74, 6) is 1.18. The topological polar surface area (TPSA) is 90.4 Å². The van der Waals surface area contributed by atoms with Gasteiger partial charge in [0.2, 0.25) is 11.8 Å². The summed E-state index contributed by atoms with van der Waals surface area (Å²) >= 11 is 0. The first kappa shape index (κ1) is 14.8. The van der Waals surface area contributed by atoms with Crippen LogP contribution < -0.4 is 5.32 Å². The summed E-state index contributed by atoms with van der Waals surface area (Å²) in [5, 5.41) is 6.85. The molecule has 2 aromatic heterocycles. The molecule has 118 valence electrons. The summed E-state index contributed by atoms with van der Waals surface area (Å²) in [5.41, 5.74) is 0.838. The maximum atomic E-state index is 12.3. The highest BCUT2D eigenvalue weighted by atomic mass is 16.5. The van der Waals surface area contributed by atoms with Crippen LogP contribution in [0.3, 0.4) is 0 Å². The van der Waals surface area contributed by atoms with E-state index < -0.39 is 0 Å². The van der Waals surface area contributed by atoms with E-state index in [1.807, 2.05) is 0 Å². The molecule has 1 fully saturated rings. The van der Waals surface area contributed by atoms with E-state index in [4.69, 9.17) is 13.7 Å². The van der Waals surface area contributed by atoms with Crippen molar-refractivity contribution in [3.8, 4) is 0 Å². The summed E-state index contributed by atoms with van der Waals surface area (Å²) in [7, 11) is 0. The van der Waals surface area contributed by atoms with E-state index in [2.05, 4.69) is 15.5 Å². The molecule has 1 amide bonds. The number of aromatic nitrogens is 2. The lowest BCUT2D eigenvalue weighted by molar-refractivity contribution is -0.122. The number of carbonyl (C=O) groups is 1. The third-order valence-electron chi connectivity index (χ3n) is 3.81. The molecule has 7 nitrogen and oxygen atoms in total. The molecule has 1 atom stereocenters. The fraction of sp³-hybridized carbons (Fsp3) is 0.533. The van der Waals surface area contributed by atoms with E-state index in [0.29, 0.717) is 24.9 Å². The van der Waals surface area contributed by atoms with Gasteiger partial charge < -0.3 is 19.0 Å². The summed E-state index contributed by atoms with van der Waals surface area (Å²) in [6, 6.07) is 1.50. The highest BCUT2D eigenvalue weighted by Crippen LogP contribution is 2.29. The number of aryl methyl sites for hydroxylation is 1. The Bertz CT molecular complexity index is 602. The van der Waals surface area contributed by atoms with Gasteiger partial charge in [0.1, 0.15) is 6.04 Å². The van der Waals surface area contributed by atoms with Crippen LogP contribution in [-0.2, 0) is 16.0 Å². The Morgan fingerprint density at radius 3 is 2.91 bits per heavy atom. The van der Waals surface area contributed by atoms with Gasteiger partial charge >= 0.3 is 0 Å². The molecule has 2 aromatic rings. The van der Waals surface area contributed by atoms with Crippen LogP contribution in [0.5, 0.6) is 0 Å². The number of amides is 1. The molecule has 1 aliphatic rings. The summed E-state index contributed by atoms with van der Waals surface area (Å²) in [6.07, 6.45) is 5.11. The van der Waals surface area contributed by atoms with Gasteiger partial charge in [-0.3, -0.25) is 4.79 Å². The van der Waals surface area contributed by atoms with Crippen molar-refractivity contribution in [3.63, 3.8) is 0 Å². The van der Waals surface area contributed by atoms with Crippen LogP contribution in [0.15, 0.2) is 27.5 Å². The van der Waals surface area contributed by atoms with E-state index >= 15 is 0 Å². The Hall–Kier alpha value is -2.15. The standard InChI is InChI=1S/C15H19N3O4/c1-10-16-15(22-18-10)14(12-3-6-20-7-4-12)17-13(19)8-11-2-5-21-9-11/h2,5,9,12,14H,3-4,6-8H2,1H3,(H,17,19)/t14-/m0/s1. The second kappa shape index (κ2) is 6.74. The van der Waals surface area contributed by atoms with Crippen molar-refractivity contribution in [2.45, 2.75) is 32.2 Å². The number of nitrogens with zero attached hydrogens (tertiary/aromatic N) is 2. The fourth-order valence-electron chi connectivity index (χ4n) is 2.67. The van der Waals surface area contributed by atoms with Gasteiger partial charge in [-0.2, -0.15) is 4.98 Å². The minimum absolute atomic E-state index is 0.0891. The number of hydrogen-bond donors (Lipinski definition) is 1. The normalized spacial score (nSPS) is 17.3. The molecule has 3 rings (SSSR count). The zero-order valence-electron chi connectivity index (χ0n) is 12.4. The average molecular weight is 305 g/mol. The highest BCUT2D eigenvalue weighted by Gasteiger charge is 2.31. The summed E-state index contributed by atoms with van der Waals surface area (Å²) in [4.78, 5) is 16.6. The molecule has 7 heteroatoms. The lowest BCUT2D eigenvalue weighted by atomic mass is 9.91. The van der Waals surface area contributed by atoms with Gasteiger partial charge in [0.15, 0.2) is 5.82 Å². The van der Waals surface area contributed by atoms with E-state index in [9.17, 15) is 4.79 Å². The predicted molar refractivity (Wildman–Crippen MR) is 75.9 cm³/mol. The second-order valence-electron chi connectivity index (χ2n) is 5.48. The molecule has 0 spiro atoms.